The predicted molar refractivity (Wildman–Crippen MR) is 114 cm³/mol. The number of benzene rings is 2. The van der Waals surface area contributed by atoms with E-state index in [0.29, 0.717) is 23.8 Å². The zero-order valence-electron chi connectivity index (χ0n) is 16.2. The normalized spacial score (nSPS) is 15.5. The van der Waals surface area contributed by atoms with Crippen molar-refractivity contribution in [3.05, 3.63) is 89.0 Å². The van der Waals surface area contributed by atoms with Crippen molar-refractivity contribution in [2.24, 2.45) is 0 Å². The van der Waals surface area contributed by atoms with Crippen LogP contribution in [0.25, 0.3) is 0 Å². The standard InChI is InChI=1S/C23H21ClFN3O2/c24-19-5-2-1-4-18(19)23-20-6-3-13-27(20)14-15-28(23)22(30)12-11-21(29)26-17-9-7-16(25)8-10-17/h1-10,13,23H,11-12,14-15H2,(H,26,29)/t23-/m1/s1. The molecule has 0 saturated heterocycles. The lowest BCUT2D eigenvalue weighted by molar-refractivity contribution is -0.135. The highest BCUT2D eigenvalue weighted by molar-refractivity contribution is 6.31. The predicted octanol–water partition coefficient (Wildman–Crippen LogP) is 4.63. The fraction of sp³-hybridized carbons (Fsp3) is 0.217. The molecule has 4 rings (SSSR count). The van der Waals surface area contributed by atoms with Gasteiger partial charge in [0.05, 0.1) is 6.04 Å². The zero-order chi connectivity index (χ0) is 21.1. The van der Waals surface area contributed by atoms with Crippen LogP contribution in [0.3, 0.4) is 0 Å². The maximum atomic E-state index is 13.1. The molecule has 154 valence electrons. The molecule has 30 heavy (non-hydrogen) atoms. The van der Waals surface area contributed by atoms with Gasteiger partial charge >= 0.3 is 0 Å². The summed E-state index contributed by atoms with van der Waals surface area (Å²) in [4.78, 5) is 27.1. The molecule has 0 bridgehead atoms. The van der Waals surface area contributed by atoms with Crippen LogP contribution in [0, 0.1) is 5.82 Å². The second-order valence-electron chi connectivity index (χ2n) is 7.19. The van der Waals surface area contributed by atoms with E-state index < -0.39 is 0 Å². The number of nitrogens with one attached hydrogen (secondary N) is 1. The average Bonchev–Trinajstić information content (AvgIpc) is 3.22. The third kappa shape index (κ3) is 4.24. The number of aromatic nitrogens is 1. The quantitative estimate of drug-likeness (QED) is 0.648. The Morgan fingerprint density at radius 3 is 2.53 bits per heavy atom. The van der Waals surface area contributed by atoms with Gasteiger partial charge in [-0.15, -0.1) is 0 Å². The van der Waals surface area contributed by atoms with Crippen LogP contribution in [0.2, 0.25) is 5.02 Å². The Hall–Kier alpha value is -3.12. The van der Waals surface area contributed by atoms with Gasteiger partial charge in [0.25, 0.3) is 0 Å². The van der Waals surface area contributed by atoms with Crippen molar-refractivity contribution in [3.63, 3.8) is 0 Å². The van der Waals surface area contributed by atoms with Crippen LogP contribution in [0.5, 0.6) is 0 Å². The van der Waals surface area contributed by atoms with Gasteiger partial charge in [-0.2, -0.15) is 0 Å². The van der Waals surface area contributed by atoms with E-state index in [1.807, 2.05) is 42.6 Å². The molecule has 2 amide bonds. The van der Waals surface area contributed by atoms with Crippen molar-refractivity contribution in [3.8, 4) is 0 Å². The number of amides is 2. The number of fused-ring (bicyclic) bond motifs is 1. The van der Waals surface area contributed by atoms with Crippen molar-refractivity contribution >= 4 is 29.1 Å². The molecular formula is C23H21ClFN3O2. The van der Waals surface area contributed by atoms with E-state index in [4.69, 9.17) is 11.6 Å². The number of hydrogen-bond acceptors (Lipinski definition) is 2. The molecule has 7 heteroatoms. The summed E-state index contributed by atoms with van der Waals surface area (Å²) >= 11 is 6.45. The van der Waals surface area contributed by atoms with Gasteiger partial charge in [0.1, 0.15) is 5.82 Å². The molecule has 0 radical (unpaired) electrons. The maximum absolute atomic E-state index is 13.1. The Morgan fingerprint density at radius 1 is 1.00 bits per heavy atom. The van der Waals surface area contributed by atoms with Crippen LogP contribution >= 0.6 is 11.6 Å². The molecule has 1 atom stereocenters. The van der Waals surface area contributed by atoms with E-state index in [1.165, 1.54) is 24.3 Å². The van der Waals surface area contributed by atoms with Gasteiger partial charge < -0.3 is 14.8 Å². The molecule has 0 aliphatic carbocycles. The van der Waals surface area contributed by atoms with E-state index in [-0.39, 0.29) is 36.5 Å². The van der Waals surface area contributed by atoms with Crippen LogP contribution in [0.4, 0.5) is 10.1 Å². The molecule has 2 aromatic carbocycles. The lowest BCUT2D eigenvalue weighted by atomic mass is 9.99. The van der Waals surface area contributed by atoms with Crippen molar-refractivity contribution in [1.82, 2.24) is 9.47 Å². The second kappa shape index (κ2) is 8.71. The first-order chi connectivity index (χ1) is 14.5. The van der Waals surface area contributed by atoms with Gasteiger partial charge in [-0.05, 0) is 48.0 Å². The second-order valence-corrected chi connectivity index (χ2v) is 7.60. The highest BCUT2D eigenvalue weighted by atomic mass is 35.5. The molecule has 1 aromatic heterocycles. The van der Waals surface area contributed by atoms with E-state index in [1.54, 1.807) is 4.90 Å². The molecule has 1 aliphatic rings. The van der Waals surface area contributed by atoms with E-state index in [2.05, 4.69) is 9.88 Å². The lowest BCUT2D eigenvalue weighted by Crippen LogP contribution is -2.42. The molecule has 5 nitrogen and oxygen atoms in total. The van der Waals surface area contributed by atoms with Gasteiger partial charge in [-0.3, -0.25) is 9.59 Å². The van der Waals surface area contributed by atoms with Gasteiger partial charge in [0.15, 0.2) is 0 Å². The van der Waals surface area contributed by atoms with Crippen LogP contribution in [-0.4, -0.2) is 27.8 Å². The van der Waals surface area contributed by atoms with E-state index >= 15 is 0 Å². The highest BCUT2D eigenvalue weighted by Crippen LogP contribution is 2.36. The SMILES string of the molecule is O=C(CCC(=O)N1CCn2cccc2[C@H]1c1ccccc1Cl)Nc1ccc(F)cc1. The van der Waals surface area contributed by atoms with E-state index in [0.717, 1.165) is 11.3 Å². The Morgan fingerprint density at radius 2 is 1.77 bits per heavy atom. The van der Waals surface area contributed by atoms with Crippen LogP contribution < -0.4 is 5.32 Å². The smallest absolute Gasteiger partial charge is 0.224 e. The maximum Gasteiger partial charge on any atom is 0.224 e. The van der Waals surface area contributed by atoms with Crippen molar-refractivity contribution in [1.29, 1.82) is 0 Å². The Balaban J connectivity index is 1.47. The van der Waals surface area contributed by atoms with Gasteiger partial charge in [-0.25, -0.2) is 4.39 Å². The summed E-state index contributed by atoms with van der Waals surface area (Å²) in [5.41, 5.74) is 2.36. The fourth-order valence-electron chi connectivity index (χ4n) is 3.80. The molecular weight excluding hydrogens is 405 g/mol. The third-order valence-electron chi connectivity index (χ3n) is 5.25. The summed E-state index contributed by atoms with van der Waals surface area (Å²) < 4.78 is 15.1. The fourth-order valence-corrected chi connectivity index (χ4v) is 4.04. The topological polar surface area (TPSA) is 54.3 Å². The molecule has 1 N–H and O–H groups in total. The Kier molecular flexibility index (Phi) is 5.86. The summed E-state index contributed by atoms with van der Waals surface area (Å²) in [5, 5.41) is 3.29. The molecule has 0 saturated carbocycles. The summed E-state index contributed by atoms with van der Waals surface area (Å²) in [5.74, 6) is -0.769. The lowest BCUT2D eigenvalue weighted by Gasteiger charge is -2.37. The van der Waals surface area contributed by atoms with Crippen molar-refractivity contribution in [2.45, 2.75) is 25.4 Å². The number of nitrogens with zero attached hydrogens (tertiary/aromatic N) is 2. The average molecular weight is 426 g/mol. The summed E-state index contributed by atoms with van der Waals surface area (Å²) in [6.45, 7) is 1.23. The minimum Gasteiger partial charge on any atom is -0.348 e. The summed E-state index contributed by atoms with van der Waals surface area (Å²) in [7, 11) is 0. The number of hydrogen-bond donors (Lipinski definition) is 1. The summed E-state index contributed by atoms with van der Waals surface area (Å²) in [6, 6.07) is 16.7. The van der Waals surface area contributed by atoms with Crippen LogP contribution in [0.1, 0.15) is 30.1 Å². The van der Waals surface area contributed by atoms with Gasteiger partial charge in [0, 0.05) is 48.5 Å². The minimum absolute atomic E-state index is 0.0446. The van der Waals surface area contributed by atoms with Crippen LogP contribution in [0.15, 0.2) is 66.9 Å². The molecule has 0 fully saturated rings. The molecule has 2 heterocycles. The number of carbonyl (C=O) groups is 2. The minimum atomic E-state index is -0.372. The number of halogens is 2. The molecule has 3 aromatic rings. The van der Waals surface area contributed by atoms with Gasteiger partial charge in [-0.1, -0.05) is 29.8 Å². The van der Waals surface area contributed by atoms with Crippen LogP contribution in [-0.2, 0) is 16.1 Å². The molecule has 0 spiro atoms. The van der Waals surface area contributed by atoms with E-state index in [9.17, 15) is 14.0 Å². The highest BCUT2D eigenvalue weighted by Gasteiger charge is 2.33. The first kappa shape index (κ1) is 20.2. The number of carbonyl (C=O) groups excluding carboxylic acids is 2. The number of rotatable bonds is 5. The summed E-state index contributed by atoms with van der Waals surface area (Å²) in [6.07, 6.45) is 2.12. The molecule has 0 unspecified atom stereocenters. The largest absolute Gasteiger partial charge is 0.348 e. The first-order valence-corrected chi connectivity index (χ1v) is 10.1. The monoisotopic (exact) mass is 425 g/mol. The zero-order valence-corrected chi connectivity index (χ0v) is 17.0. The number of anilines is 1. The van der Waals surface area contributed by atoms with Gasteiger partial charge in [0.2, 0.25) is 11.8 Å². The first-order valence-electron chi connectivity index (χ1n) is 9.77. The Labute approximate surface area is 179 Å². The Bertz CT molecular complexity index is 1060. The van der Waals surface area contributed by atoms with Crippen molar-refractivity contribution in [2.75, 3.05) is 11.9 Å². The van der Waals surface area contributed by atoms with Crippen molar-refractivity contribution < 1.29 is 14.0 Å². The molecule has 1 aliphatic heterocycles. The third-order valence-corrected chi connectivity index (χ3v) is 5.60.